The summed E-state index contributed by atoms with van der Waals surface area (Å²) in [6, 6.07) is 3.80. The number of hydrogen-bond donors (Lipinski definition) is 0. The molecule has 0 saturated carbocycles. The predicted octanol–water partition coefficient (Wildman–Crippen LogP) is 2.59. The van der Waals surface area contributed by atoms with E-state index in [1.807, 2.05) is 0 Å². The van der Waals surface area contributed by atoms with Gasteiger partial charge in [-0.2, -0.15) is 0 Å². The Hall–Kier alpha value is 0.324. The summed E-state index contributed by atoms with van der Waals surface area (Å²) in [5.74, 6) is 0. The molecule has 0 aromatic heterocycles. The zero-order valence-electron chi connectivity index (χ0n) is 9.24. The average molecular weight is 222 g/mol. The number of halogens is 1. The lowest BCUT2D eigenvalue weighted by atomic mass is 10.5. The molecule has 0 unspecified atom stereocenters. The van der Waals surface area contributed by atoms with Crippen LogP contribution in [0.1, 0.15) is 12.8 Å². The number of alkyl halides is 1. The van der Waals surface area contributed by atoms with Crippen LogP contribution in [0.2, 0.25) is 31.2 Å². The third-order valence-electron chi connectivity index (χ3n) is 2.44. The van der Waals surface area contributed by atoms with E-state index in [0.29, 0.717) is 0 Å². The molecule has 0 radical (unpaired) electrons. The van der Waals surface area contributed by atoms with Crippen molar-refractivity contribution >= 4 is 17.8 Å². The first-order valence-corrected chi connectivity index (χ1v) is 10.2. The highest BCUT2D eigenvalue weighted by molar-refractivity contribution is 6.77. The lowest BCUT2D eigenvalue weighted by Crippen LogP contribution is -2.24. The van der Waals surface area contributed by atoms with Crippen molar-refractivity contribution in [1.29, 1.82) is 0 Å². The highest BCUT2D eigenvalue weighted by Gasteiger charge is 2.18. The van der Waals surface area contributed by atoms with Crippen LogP contribution in [0.3, 0.4) is 0 Å². The van der Waals surface area contributed by atoms with E-state index >= 15 is 0 Å². The molecule has 0 aromatic rings. The van der Waals surface area contributed by atoms with Crippen LogP contribution in [-0.2, 0) is 4.43 Å². The molecule has 0 aromatic carbocycles. The van der Waals surface area contributed by atoms with Crippen molar-refractivity contribution in [2.24, 2.45) is 0 Å². The van der Waals surface area contributed by atoms with Crippen LogP contribution in [-0.4, -0.2) is 31.6 Å². The molecule has 1 nitrogen and oxygen atoms in total. The summed E-state index contributed by atoms with van der Waals surface area (Å²) in [4.78, 5) is 0. The highest BCUT2D eigenvalue weighted by atomic mass is 28.3. The monoisotopic (exact) mass is 222 g/mol. The van der Waals surface area contributed by atoms with Crippen molar-refractivity contribution in [3.63, 3.8) is 0 Å². The molecule has 0 bridgehead atoms. The summed E-state index contributed by atoms with van der Waals surface area (Å²) in [6.45, 7) is 4.61. The minimum Gasteiger partial charge on any atom is -0.427 e. The minimum absolute atomic E-state index is 0.136. The Bertz CT molecular complexity index is 120. The van der Waals surface area contributed by atoms with Gasteiger partial charge in [0.15, 0.2) is 9.76 Å². The molecule has 0 saturated heterocycles. The molecule has 0 heterocycles. The molecule has 0 rings (SSSR count). The Balaban J connectivity index is 3.39. The van der Waals surface area contributed by atoms with Crippen molar-refractivity contribution in [1.82, 2.24) is 0 Å². The van der Waals surface area contributed by atoms with Crippen molar-refractivity contribution in [3.8, 4) is 0 Å². The van der Waals surface area contributed by atoms with Crippen LogP contribution in [0.25, 0.3) is 0 Å². The Labute approximate surface area is 85.0 Å². The first-order chi connectivity index (χ1) is 6.12. The highest BCUT2D eigenvalue weighted by Crippen LogP contribution is 2.20. The molecule has 0 fully saturated rings. The van der Waals surface area contributed by atoms with E-state index in [1.165, 1.54) is 18.5 Å². The third-order valence-corrected chi connectivity index (χ3v) is 7.05. The van der Waals surface area contributed by atoms with E-state index in [0.717, 1.165) is 12.5 Å². The van der Waals surface area contributed by atoms with Crippen molar-refractivity contribution in [2.75, 3.05) is 13.8 Å². The maximum atomic E-state index is 12.0. The van der Waals surface area contributed by atoms with Gasteiger partial charge in [0, 0.05) is 15.2 Å². The molecule has 80 valence electrons. The van der Waals surface area contributed by atoms with Gasteiger partial charge in [-0.3, -0.25) is 4.39 Å². The van der Waals surface area contributed by atoms with Gasteiger partial charge < -0.3 is 4.43 Å². The average Bonchev–Trinajstić information content (AvgIpc) is 2.09. The Morgan fingerprint density at radius 1 is 1.23 bits per heavy atom. The maximum Gasteiger partial charge on any atom is 0.161 e. The molecule has 0 aliphatic heterocycles. The normalized spacial score (nSPS) is 12.9. The summed E-state index contributed by atoms with van der Waals surface area (Å²) in [6.07, 6.45) is 2.09. The van der Waals surface area contributed by atoms with E-state index in [9.17, 15) is 4.39 Å². The second-order valence-electron chi connectivity index (χ2n) is 4.41. The van der Waals surface area contributed by atoms with E-state index in [1.54, 1.807) is 7.11 Å². The molecule has 0 spiro atoms. The minimum atomic E-state index is -1.05. The van der Waals surface area contributed by atoms with E-state index in [4.69, 9.17) is 4.43 Å². The Morgan fingerprint density at radius 3 is 2.38 bits per heavy atom. The fraction of sp³-hybridized carbons (Fsp3) is 1.00. The lowest BCUT2D eigenvalue weighted by Gasteiger charge is -2.21. The Kier molecular flexibility index (Phi) is 7.89. The molecule has 0 aliphatic rings. The van der Waals surface area contributed by atoms with Gasteiger partial charge in [-0.15, -0.1) is 0 Å². The molecule has 0 N–H and O–H groups in total. The number of hydrogen-bond acceptors (Lipinski definition) is 1. The van der Waals surface area contributed by atoms with Gasteiger partial charge >= 0.3 is 0 Å². The zero-order valence-corrected chi connectivity index (χ0v) is 11.7. The Morgan fingerprint density at radius 2 is 1.85 bits per heavy atom. The molecule has 4 heteroatoms. The van der Waals surface area contributed by atoms with Crippen molar-refractivity contribution in [2.45, 2.75) is 44.1 Å². The van der Waals surface area contributed by atoms with Crippen LogP contribution in [0.5, 0.6) is 0 Å². The van der Waals surface area contributed by atoms with Gasteiger partial charge in [0.25, 0.3) is 0 Å². The molecule has 0 aliphatic carbocycles. The van der Waals surface area contributed by atoms with Crippen LogP contribution in [0.4, 0.5) is 4.39 Å². The van der Waals surface area contributed by atoms with Crippen LogP contribution < -0.4 is 0 Å². The van der Waals surface area contributed by atoms with E-state index in [-0.39, 0.29) is 16.4 Å². The fourth-order valence-electron chi connectivity index (χ4n) is 1.52. The van der Waals surface area contributed by atoms with Crippen molar-refractivity contribution in [3.05, 3.63) is 0 Å². The quantitative estimate of drug-likeness (QED) is 0.453. The van der Waals surface area contributed by atoms with Crippen LogP contribution >= 0.6 is 0 Å². The van der Waals surface area contributed by atoms with E-state index in [2.05, 4.69) is 13.1 Å². The largest absolute Gasteiger partial charge is 0.427 e. The standard InChI is InChI=1S/C9H23FOSi2/c1-11-12-7-5-9-13(2,3)8-4-6-10/h4-9,12H2,1-3H3. The molecular weight excluding hydrogens is 199 g/mol. The van der Waals surface area contributed by atoms with Gasteiger partial charge in [-0.25, -0.2) is 0 Å². The smallest absolute Gasteiger partial charge is 0.161 e. The van der Waals surface area contributed by atoms with Crippen molar-refractivity contribution < 1.29 is 8.82 Å². The topological polar surface area (TPSA) is 9.23 Å². The van der Waals surface area contributed by atoms with Crippen LogP contribution in [0, 0.1) is 0 Å². The molecular formula is C9H23FOSi2. The summed E-state index contributed by atoms with van der Waals surface area (Å²) in [5, 5.41) is 0. The van der Waals surface area contributed by atoms with E-state index < -0.39 is 8.07 Å². The van der Waals surface area contributed by atoms with Gasteiger partial charge in [-0.05, 0) is 12.5 Å². The second-order valence-corrected chi connectivity index (χ2v) is 11.4. The zero-order chi connectivity index (χ0) is 10.2. The fourth-order valence-corrected chi connectivity index (χ4v) is 5.31. The third kappa shape index (κ3) is 8.65. The second kappa shape index (κ2) is 7.70. The predicted molar refractivity (Wildman–Crippen MR) is 62.7 cm³/mol. The van der Waals surface area contributed by atoms with Gasteiger partial charge in [0.05, 0.1) is 6.67 Å². The molecule has 0 atom stereocenters. The van der Waals surface area contributed by atoms with Gasteiger partial charge in [-0.1, -0.05) is 31.6 Å². The first kappa shape index (κ1) is 13.3. The molecule has 13 heavy (non-hydrogen) atoms. The molecule has 0 amide bonds. The summed E-state index contributed by atoms with van der Waals surface area (Å²) in [5.41, 5.74) is 0. The first-order valence-electron chi connectivity index (χ1n) is 5.17. The number of rotatable bonds is 8. The maximum absolute atomic E-state index is 12.0. The SMILES string of the molecule is CO[SiH2]CCC[Si](C)(C)CCCF. The lowest BCUT2D eigenvalue weighted by molar-refractivity contribution is 0.440. The van der Waals surface area contributed by atoms with Gasteiger partial charge in [0.1, 0.15) is 0 Å². The van der Waals surface area contributed by atoms with Gasteiger partial charge in [0.2, 0.25) is 0 Å². The van der Waals surface area contributed by atoms with Crippen LogP contribution in [0.15, 0.2) is 0 Å². The summed E-state index contributed by atoms with van der Waals surface area (Å²) >= 11 is 0. The summed E-state index contributed by atoms with van der Waals surface area (Å²) in [7, 11) is 0.538. The summed E-state index contributed by atoms with van der Waals surface area (Å²) < 4.78 is 17.1.